The van der Waals surface area contributed by atoms with Crippen molar-refractivity contribution in [3.05, 3.63) is 42.5 Å². The van der Waals surface area contributed by atoms with Crippen LogP contribution in [0.3, 0.4) is 0 Å². The number of nitrogens with zero attached hydrogens (tertiary/aromatic N) is 3. The molecule has 152 valence electrons. The smallest absolute Gasteiger partial charge is 0.246 e. The summed E-state index contributed by atoms with van der Waals surface area (Å²) in [5.41, 5.74) is 1.98. The summed E-state index contributed by atoms with van der Waals surface area (Å²) < 4.78 is 7.77. The maximum Gasteiger partial charge on any atom is 0.246 e. The Labute approximate surface area is 167 Å². The molecule has 0 saturated heterocycles. The van der Waals surface area contributed by atoms with E-state index in [4.69, 9.17) is 4.74 Å². The lowest BCUT2D eigenvalue weighted by atomic mass is 9.75. The summed E-state index contributed by atoms with van der Waals surface area (Å²) in [6.07, 6.45) is 6.86. The van der Waals surface area contributed by atoms with Gasteiger partial charge in [0.05, 0.1) is 17.8 Å². The molecule has 0 aliphatic heterocycles. The molecule has 1 aromatic carbocycles. The van der Waals surface area contributed by atoms with Gasteiger partial charge in [0.15, 0.2) is 0 Å². The number of carbonyl (C=O) groups is 1. The first-order valence-electron chi connectivity index (χ1n) is 10.3. The topological polar surface area (TPSA) is 69.0 Å². The van der Waals surface area contributed by atoms with Gasteiger partial charge in [-0.05, 0) is 55.2 Å². The minimum Gasteiger partial charge on any atom is -0.368 e. The van der Waals surface area contributed by atoms with Crippen molar-refractivity contribution in [3.8, 4) is 5.69 Å². The number of carbonyl (C=O) groups excluding carboxylic acids is 1. The van der Waals surface area contributed by atoms with Gasteiger partial charge in [-0.25, -0.2) is 9.67 Å². The molecular weight excluding hydrogens is 352 g/mol. The number of aromatic nitrogens is 3. The lowest BCUT2D eigenvalue weighted by Gasteiger charge is -2.37. The van der Waals surface area contributed by atoms with Gasteiger partial charge >= 0.3 is 0 Å². The first kappa shape index (κ1) is 20.5. The average molecular weight is 385 g/mol. The van der Waals surface area contributed by atoms with Gasteiger partial charge < -0.3 is 10.1 Å². The predicted molar refractivity (Wildman–Crippen MR) is 109 cm³/mol. The fourth-order valence-corrected chi connectivity index (χ4v) is 4.11. The standard InChI is InChI=1S/C22H32N4O2/c1-15(2)20-10-5-16(3)11-21(20)28-12-22(27)25-17(4)18-6-8-19(9-7-18)26-14-23-13-24-26/h6-9,13-17,20-21H,5,10-12H2,1-4H3,(H,25,27). The SMILES string of the molecule is CC1CCC(C(C)C)C(OCC(=O)NC(C)c2ccc(-n3cncn3)cc2)C1. The van der Waals surface area contributed by atoms with E-state index in [1.165, 1.54) is 19.2 Å². The van der Waals surface area contributed by atoms with E-state index in [0.29, 0.717) is 17.8 Å². The van der Waals surface area contributed by atoms with Gasteiger partial charge in [0.2, 0.25) is 5.91 Å². The third-order valence-corrected chi connectivity index (χ3v) is 5.84. The molecule has 6 heteroatoms. The molecule has 3 rings (SSSR count). The number of hydrogen-bond donors (Lipinski definition) is 1. The highest BCUT2D eigenvalue weighted by atomic mass is 16.5. The van der Waals surface area contributed by atoms with Crippen LogP contribution in [0.4, 0.5) is 0 Å². The molecule has 0 spiro atoms. The molecule has 1 amide bonds. The minimum absolute atomic E-state index is 0.0615. The van der Waals surface area contributed by atoms with Crippen molar-refractivity contribution in [2.75, 3.05) is 6.61 Å². The summed E-state index contributed by atoms with van der Waals surface area (Å²) in [4.78, 5) is 16.4. The van der Waals surface area contributed by atoms with Crippen LogP contribution in [0.2, 0.25) is 0 Å². The Morgan fingerprint density at radius 1 is 1.25 bits per heavy atom. The van der Waals surface area contributed by atoms with Crippen LogP contribution in [0.25, 0.3) is 5.69 Å². The lowest BCUT2D eigenvalue weighted by Crippen LogP contribution is -2.38. The number of amides is 1. The Bertz CT molecular complexity index is 742. The number of benzene rings is 1. The van der Waals surface area contributed by atoms with Crippen LogP contribution in [0.1, 0.15) is 58.6 Å². The van der Waals surface area contributed by atoms with Gasteiger partial charge in [-0.15, -0.1) is 0 Å². The van der Waals surface area contributed by atoms with Crippen molar-refractivity contribution in [3.63, 3.8) is 0 Å². The zero-order valence-electron chi connectivity index (χ0n) is 17.3. The molecule has 1 N–H and O–H groups in total. The van der Waals surface area contributed by atoms with Crippen LogP contribution < -0.4 is 5.32 Å². The van der Waals surface area contributed by atoms with Gasteiger partial charge in [-0.2, -0.15) is 5.10 Å². The summed E-state index contributed by atoms with van der Waals surface area (Å²) in [7, 11) is 0. The fraction of sp³-hybridized carbons (Fsp3) is 0.591. The van der Waals surface area contributed by atoms with Crippen molar-refractivity contribution < 1.29 is 9.53 Å². The van der Waals surface area contributed by atoms with Gasteiger partial charge in [-0.3, -0.25) is 4.79 Å². The molecule has 4 unspecified atom stereocenters. The molecule has 28 heavy (non-hydrogen) atoms. The first-order valence-corrected chi connectivity index (χ1v) is 10.3. The summed E-state index contributed by atoms with van der Waals surface area (Å²) in [5.74, 6) is 1.74. The normalized spacial score (nSPS) is 23.5. The number of hydrogen-bond acceptors (Lipinski definition) is 4. The molecule has 6 nitrogen and oxygen atoms in total. The van der Waals surface area contributed by atoms with Crippen molar-refractivity contribution in [1.82, 2.24) is 20.1 Å². The molecule has 4 atom stereocenters. The molecule has 1 aliphatic carbocycles. The van der Waals surface area contributed by atoms with Crippen molar-refractivity contribution in [2.45, 2.75) is 59.1 Å². The predicted octanol–water partition coefficient (Wildman–Crippen LogP) is 3.92. The van der Waals surface area contributed by atoms with E-state index in [9.17, 15) is 4.79 Å². The highest BCUT2D eigenvalue weighted by Gasteiger charge is 2.31. The van der Waals surface area contributed by atoms with E-state index < -0.39 is 0 Å². The van der Waals surface area contributed by atoms with Crippen LogP contribution in [-0.2, 0) is 9.53 Å². The van der Waals surface area contributed by atoms with E-state index in [1.54, 1.807) is 11.0 Å². The second-order valence-corrected chi connectivity index (χ2v) is 8.40. The number of rotatable bonds is 7. The molecule has 1 aromatic heterocycles. The average Bonchev–Trinajstić information content (AvgIpc) is 3.21. The zero-order chi connectivity index (χ0) is 20.1. The molecule has 2 aromatic rings. The molecule has 1 saturated carbocycles. The Morgan fingerprint density at radius 3 is 2.64 bits per heavy atom. The van der Waals surface area contributed by atoms with E-state index in [0.717, 1.165) is 17.7 Å². The Kier molecular flexibility index (Phi) is 6.83. The number of nitrogens with one attached hydrogen (secondary N) is 1. The monoisotopic (exact) mass is 384 g/mol. The minimum atomic E-state index is -0.0768. The molecule has 1 aliphatic rings. The first-order chi connectivity index (χ1) is 13.4. The van der Waals surface area contributed by atoms with Gasteiger partial charge in [-0.1, -0.05) is 39.3 Å². The molecule has 1 fully saturated rings. The van der Waals surface area contributed by atoms with Gasteiger partial charge in [0.1, 0.15) is 19.3 Å². The highest BCUT2D eigenvalue weighted by molar-refractivity contribution is 5.77. The summed E-state index contributed by atoms with van der Waals surface area (Å²) in [6, 6.07) is 7.87. The quantitative estimate of drug-likeness (QED) is 0.785. The van der Waals surface area contributed by atoms with Crippen LogP contribution in [0.15, 0.2) is 36.9 Å². The van der Waals surface area contributed by atoms with Crippen LogP contribution in [0, 0.1) is 17.8 Å². The van der Waals surface area contributed by atoms with Crippen LogP contribution >= 0.6 is 0 Å². The molecule has 0 radical (unpaired) electrons. The van der Waals surface area contributed by atoms with E-state index >= 15 is 0 Å². The van der Waals surface area contributed by atoms with Crippen molar-refractivity contribution >= 4 is 5.91 Å². The maximum atomic E-state index is 12.4. The molecule has 0 bridgehead atoms. The lowest BCUT2D eigenvalue weighted by molar-refractivity contribution is -0.132. The zero-order valence-corrected chi connectivity index (χ0v) is 17.3. The van der Waals surface area contributed by atoms with Crippen molar-refractivity contribution in [2.24, 2.45) is 17.8 Å². The fourth-order valence-electron chi connectivity index (χ4n) is 4.11. The van der Waals surface area contributed by atoms with Crippen molar-refractivity contribution in [1.29, 1.82) is 0 Å². The summed E-state index contributed by atoms with van der Waals surface area (Å²) >= 11 is 0. The third kappa shape index (κ3) is 5.19. The second kappa shape index (κ2) is 9.32. The Hall–Kier alpha value is -2.21. The van der Waals surface area contributed by atoms with E-state index in [2.05, 4.69) is 36.2 Å². The van der Waals surface area contributed by atoms with E-state index in [1.807, 2.05) is 31.2 Å². The summed E-state index contributed by atoms with van der Waals surface area (Å²) in [6.45, 7) is 8.90. The Balaban J connectivity index is 1.51. The molecule has 1 heterocycles. The third-order valence-electron chi connectivity index (χ3n) is 5.84. The number of ether oxygens (including phenoxy) is 1. The second-order valence-electron chi connectivity index (χ2n) is 8.40. The largest absolute Gasteiger partial charge is 0.368 e. The van der Waals surface area contributed by atoms with Gasteiger partial charge in [0.25, 0.3) is 0 Å². The van der Waals surface area contributed by atoms with E-state index in [-0.39, 0.29) is 24.7 Å². The van der Waals surface area contributed by atoms with Gasteiger partial charge in [0, 0.05) is 0 Å². The maximum absolute atomic E-state index is 12.4. The van der Waals surface area contributed by atoms with Crippen LogP contribution in [-0.4, -0.2) is 33.4 Å². The Morgan fingerprint density at radius 2 is 2.00 bits per heavy atom. The molecular formula is C22H32N4O2. The van der Waals surface area contributed by atoms with Crippen LogP contribution in [0.5, 0.6) is 0 Å². The summed E-state index contributed by atoms with van der Waals surface area (Å²) in [5, 5.41) is 7.17. The highest BCUT2D eigenvalue weighted by Crippen LogP contribution is 2.35.